The standard InChI is InChI=1S/C58H37N3S/c1-4-18-38(19-5-1)44-26-10-11-29-49(44)57-60-55(40-21-16-20-39(36-40)45-30-17-31-48-47-28-13-15-33-53(47)62-54(45)48)59-56(61-57)41-34-35-52-50(37-41)46-27-12-14-32-51(46)58(52,42-22-6-2-7-23-42)43-24-8-3-9-25-43/h1-37H. The molecule has 0 radical (unpaired) electrons. The minimum atomic E-state index is -0.491. The molecule has 3 nitrogen and oxygen atoms in total. The SMILES string of the molecule is c1ccc(-c2ccccc2-c2nc(-c3cccc(-c4cccc5c4sc4ccccc45)c3)nc(-c3ccc4c(c3)-c3ccccc3C4(c3ccccc3)c3ccccc3)n2)cc1. The third-order valence-corrected chi connectivity index (χ3v) is 13.7. The van der Waals surface area contributed by atoms with E-state index in [-0.39, 0.29) is 0 Å². The summed E-state index contributed by atoms with van der Waals surface area (Å²) < 4.78 is 2.57. The lowest BCUT2D eigenvalue weighted by Crippen LogP contribution is -2.28. The van der Waals surface area contributed by atoms with Crippen molar-refractivity contribution in [2.75, 3.05) is 0 Å². The van der Waals surface area contributed by atoms with Gasteiger partial charge in [-0.1, -0.05) is 206 Å². The van der Waals surface area contributed by atoms with E-state index in [2.05, 4.69) is 218 Å². The summed E-state index contributed by atoms with van der Waals surface area (Å²) in [5.74, 6) is 1.88. The minimum Gasteiger partial charge on any atom is -0.208 e. The lowest BCUT2D eigenvalue weighted by molar-refractivity contribution is 0.768. The first-order valence-corrected chi connectivity index (χ1v) is 21.8. The topological polar surface area (TPSA) is 38.7 Å². The fourth-order valence-electron chi connectivity index (χ4n) is 9.69. The molecule has 0 saturated carbocycles. The van der Waals surface area contributed by atoms with E-state index in [4.69, 9.17) is 15.0 Å². The van der Waals surface area contributed by atoms with E-state index >= 15 is 0 Å². The number of hydrogen-bond acceptors (Lipinski definition) is 4. The maximum Gasteiger partial charge on any atom is 0.164 e. The van der Waals surface area contributed by atoms with Crippen molar-refractivity contribution >= 4 is 31.5 Å². The predicted molar refractivity (Wildman–Crippen MR) is 257 cm³/mol. The average Bonchev–Trinajstić information content (AvgIpc) is 3.89. The van der Waals surface area contributed by atoms with Crippen molar-refractivity contribution in [1.29, 1.82) is 0 Å². The second kappa shape index (κ2) is 14.7. The number of thiophene rings is 1. The first kappa shape index (κ1) is 36.1. The Hall–Kier alpha value is -7.79. The molecule has 0 unspecified atom stereocenters. The Morgan fingerprint density at radius 3 is 1.58 bits per heavy atom. The monoisotopic (exact) mass is 807 g/mol. The van der Waals surface area contributed by atoms with E-state index in [0.717, 1.165) is 33.4 Å². The molecule has 1 aliphatic rings. The molecule has 0 fully saturated rings. The number of fused-ring (bicyclic) bond motifs is 6. The minimum absolute atomic E-state index is 0.491. The molecule has 62 heavy (non-hydrogen) atoms. The van der Waals surface area contributed by atoms with Crippen LogP contribution in [0.2, 0.25) is 0 Å². The van der Waals surface area contributed by atoms with Crippen LogP contribution in [0.4, 0.5) is 0 Å². The third-order valence-electron chi connectivity index (χ3n) is 12.4. The fourth-order valence-corrected chi connectivity index (χ4v) is 10.9. The molecule has 4 heteroatoms. The zero-order valence-corrected chi connectivity index (χ0v) is 34.4. The normalized spacial score (nSPS) is 12.6. The summed E-state index contributed by atoms with van der Waals surface area (Å²) >= 11 is 1.84. The van der Waals surface area contributed by atoms with Crippen molar-refractivity contribution in [3.63, 3.8) is 0 Å². The van der Waals surface area contributed by atoms with Crippen molar-refractivity contribution in [3.8, 4) is 67.5 Å². The van der Waals surface area contributed by atoms with Gasteiger partial charge in [-0.15, -0.1) is 11.3 Å². The van der Waals surface area contributed by atoms with Gasteiger partial charge >= 0.3 is 0 Å². The molecule has 2 heterocycles. The largest absolute Gasteiger partial charge is 0.208 e. The maximum atomic E-state index is 5.35. The first-order chi connectivity index (χ1) is 30.7. The van der Waals surface area contributed by atoms with Gasteiger partial charge in [-0.25, -0.2) is 15.0 Å². The maximum absolute atomic E-state index is 5.35. The second-order valence-corrected chi connectivity index (χ2v) is 16.9. The zero-order chi connectivity index (χ0) is 41.0. The zero-order valence-electron chi connectivity index (χ0n) is 33.6. The van der Waals surface area contributed by atoms with E-state index < -0.39 is 5.41 Å². The van der Waals surface area contributed by atoms with Gasteiger partial charge in [-0.05, 0) is 73.8 Å². The average molecular weight is 808 g/mol. The van der Waals surface area contributed by atoms with Gasteiger partial charge in [0, 0.05) is 36.9 Å². The Balaban J connectivity index is 1.07. The van der Waals surface area contributed by atoms with Crippen LogP contribution in [0.15, 0.2) is 224 Å². The Morgan fingerprint density at radius 1 is 0.306 bits per heavy atom. The molecule has 0 N–H and O–H groups in total. The Kier molecular flexibility index (Phi) is 8.58. The van der Waals surface area contributed by atoms with Gasteiger partial charge in [-0.2, -0.15) is 0 Å². The molecule has 1 aliphatic carbocycles. The fraction of sp³-hybridized carbons (Fsp3) is 0.0172. The number of benzene rings is 9. The highest BCUT2D eigenvalue weighted by molar-refractivity contribution is 7.26. The lowest BCUT2D eigenvalue weighted by Gasteiger charge is -2.33. The molecule has 11 aromatic rings. The molecule has 290 valence electrons. The van der Waals surface area contributed by atoms with Crippen LogP contribution in [0.1, 0.15) is 22.3 Å². The van der Waals surface area contributed by atoms with E-state index in [1.807, 2.05) is 17.4 Å². The smallest absolute Gasteiger partial charge is 0.164 e. The van der Waals surface area contributed by atoms with Crippen LogP contribution >= 0.6 is 11.3 Å². The van der Waals surface area contributed by atoms with Crippen LogP contribution in [-0.2, 0) is 5.41 Å². The molecule has 0 atom stereocenters. The summed E-state index contributed by atoms with van der Waals surface area (Å²) in [4.78, 5) is 16.0. The molecule has 0 aliphatic heterocycles. The van der Waals surface area contributed by atoms with E-state index in [0.29, 0.717) is 17.5 Å². The highest BCUT2D eigenvalue weighted by Crippen LogP contribution is 2.56. The molecule has 12 rings (SSSR count). The molecule has 2 aromatic heterocycles. The Labute approximate surface area is 364 Å². The number of nitrogens with zero attached hydrogens (tertiary/aromatic N) is 3. The van der Waals surface area contributed by atoms with Gasteiger partial charge in [0.1, 0.15) is 0 Å². The highest BCUT2D eigenvalue weighted by Gasteiger charge is 2.46. The number of hydrogen-bond donors (Lipinski definition) is 0. The number of aromatic nitrogens is 3. The molecular formula is C58H37N3S. The van der Waals surface area contributed by atoms with Gasteiger partial charge in [0.2, 0.25) is 0 Å². The van der Waals surface area contributed by atoms with Crippen molar-refractivity contribution < 1.29 is 0 Å². The summed E-state index contributed by atoms with van der Waals surface area (Å²) in [5, 5.41) is 2.56. The highest BCUT2D eigenvalue weighted by atomic mass is 32.1. The van der Waals surface area contributed by atoms with Gasteiger partial charge < -0.3 is 0 Å². The summed E-state index contributed by atoms with van der Waals surface area (Å²) in [7, 11) is 0. The molecule has 0 bridgehead atoms. The first-order valence-electron chi connectivity index (χ1n) is 21.0. The number of rotatable bonds is 7. The summed E-state index contributed by atoms with van der Waals surface area (Å²) in [6.45, 7) is 0. The van der Waals surface area contributed by atoms with Crippen LogP contribution < -0.4 is 0 Å². The van der Waals surface area contributed by atoms with Gasteiger partial charge in [0.05, 0.1) is 5.41 Å². The molecule has 0 amide bonds. The lowest BCUT2D eigenvalue weighted by atomic mass is 9.67. The van der Waals surface area contributed by atoms with Gasteiger partial charge in [0.15, 0.2) is 17.5 Å². The van der Waals surface area contributed by atoms with Gasteiger partial charge in [0.25, 0.3) is 0 Å². The molecular weight excluding hydrogens is 771 g/mol. The van der Waals surface area contributed by atoms with Crippen LogP contribution in [0.5, 0.6) is 0 Å². The molecule has 0 saturated heterocycles. The van der Waals surface area contributed by atoms with E-state index in [1.54, 1.807) is 0 Å². The summed E-state index contributed by atoms with van der Waals surface area (Å²) in [6.07, 6.45) is 0. The Morgan fingerprint density at radius 2 is 0.823 bits per heavy atom. The van der Waals surface area contributed by atoms with Crippen LogP contribution in [0.3, 0.4) is 0 Å². The molecule has 0 spiro atoms. The second-order valence-electron chi connectivity index (χ2n) is 15.9. The summed E-state index contributed by atoms with van der Waals surface area (Å²) in [5.41, 5.74) is 14.2. The van der Waals surface area contributed by atoms with Crippen molar-refractivity contribution in [2.24, 2.45) is 0 Å². The Bertz CT molecular complexity index is 3430. The van der Waals surface area contributed by atoms with Crippen LogP contribution in [0, 0.1) is 0 Å². The third kappa shape index (κ3) is 5.76. The van der Waals surface area contributed by atoms with Gasteiger partial charge in [-0.3, -0.25) is 0 Å². The quantitative estimate of drug-likeness (QED) is 0.161. The predicted octanol–water partition coefficient (Wildman–Crippen LogP) is 14.9. The summed E-state index contributed by atoms with van der Waals surface area (Å²) in [6, 6.07) is 80.4. The van der Waals surface area contributed by atoms with Crippen molar-refractivity contribution in [2.45, 2.75) is 5.41 Å². The van der Waals surface area contributed by atoms with Crippen molar-refractivity contribution in [1.82, 2.24) is 15.0 Å². The van der Waals surface area contributed by atoms with Crippen LogP contribution in [0.25, 0.3) is 87.7 Å². The van der Waals surface area contributed by atoms with E-state index in [1.165, 1.54) is 59.1 Å². The molecule has 9 aromatic carbocycles. The van der Waals surface area contributed by atoms with Crippen LogP contribution in [-0.4, -0.2) is 15.0 Å². The van der Waals surface area contributed by atoms with E-state index in [9.17, 15) is 0 Å². The van der Waals surface area contributed by atoms with Crippen molar-refractivity contribution in [3.05, 3.63) is 247 Å².